The van der Waals surface area contributed by atoms with E-state index in [0.29, 0.717) is 0 Å². The van der Waals surface area contributed by atoms with E-state index in [1.165, 1.54) is 0 Å². The Morgan fingerprint density at radius 2 is 1.37 bits per heavy atom. The summed E-state index contributed by atoms with van der Waals surface area (Å²) in [7, 11) is 0. The van der Waals surface area contributed by atoms with Gasteiger partial charge < -0.3 is 0 Å². The number of rotatable bonds is 5. The van der Waals surface area contributed by atoms with Crippen LogP contribution in [-0.4, -0.2) is 5.29 Å². The van der Waals surface area contributed by atoms with Crippen molar-refractivity contribution in [3.8, 4) is 12.1 Å². The lowest BCUT2D eigenvalue weighted by Gasteiger charge is -2.34. The Bertz CT molecular complexity index is 986. The Morgan fingerprint density at radius 3 is 1.78 bits per heavy atom. The lowest BCUT2D eigenvalue weighted by molar-refractivity contribution is 0.892. The molecule has 0 aromatic heterocycles. The fourth-order valence-corrected chi connectivity index (χ4v) is 8.07. The molecule has 0 unspecified atom stereocenters. The molecule has 134 valence electrons. The van der Waals surface area contributed by atoms with E-state index >= 15 is 0 Å². The predicted octanol–water partition coefficient (Wildman–Crippen LogP) is 5.28. The quantitative estimate of drug-likeness (QED) is 0.673. The first-order chi connectivity index (χ1) is 13.2. The first kappa shape index (κ1) is 19.0. The van der Waals surface area contributed by atoms with Gasteiger partial charge in [-0.2, -0.15) is 10.5 Å². The van der Waals surface area contributed by atoms with Gasteiger partial charge in [0.25, 0.3) is 0 Å². The average Bonchev–Trinajstić information content (AvgIpc) is 2.74. The van der Waals surface area contributed by atoms with Gasteiger partial charge in [-0.15, -0.1) is 0 Å². The lowest BCUT2D eigenvalue weighted by atomic mass is 9.97. The van der Waals surface area contributed by atoms with E-state index in [0.717, 1.165) is 51.6 Å². The van der Waals surface area contributed by atoms with Crippen LogP contribution in [0, 0.1) is 22.7 Å². The monoisotopic (exact) mass is 370 g/mol. The molecule has 27 heavy (non-hydrogen) atoms. The smallest absolute Gasteiger partial charge is 0.101 e. The van der Waals surface area contributed by atoms with Gasteiger partial charge in [-0.3, -0.25) is 0 Å². The molecule has 0 saturated heterocycles. The summed E-state index contributed by atoms with van der Waals surface area (Å²) in [6.45, 7) is 1.79. The molecule has 0 aliphatic carbocycles. The molecule has 0 fully saturated rings. The maximum atomic E-state index is 10.3. The average molecular weight is 370 g/mol. The Kier molecular flexibility index (Phi) is 5.81. The molecule has 0 saturated carbocycles. The molecular weight excluding hydrogens is 347 g/mol. The van der Waals surface area contributed by atoms with Crippen molar-refractivity contribution in [3.05, 3.63) is 83.2 Å². The maximum absolute atomic E-state index is 10.3. The normalized spacial score (nSPS) is 15.7. The fraction of sp³-hybridized carbons (Fsp3) is 0.208. The van der Waals surface area contributed by atoms with Gasteiger partial charge in [0.15, 0.2) is 0 Å². The minimum Gasteiger partial charge on any atom is -0.192 e. The third-order valence-corrected chi connectivity index (χ3v) is 9.21. The van der Waals surface area contributed by atoms with Gasteiger partial charge in [-0.25, -0.2) is 0 Å². The van der Waals surface area contributed by atoms with E-state index < -0.39 is 6.89 Å². The molecule has 3 rings (SSSR count). The molecule has 2 aromatic carbocycles. The SMILES string of the molecule is CCCC1=C(C#N)P(c2ccccc2)(c2ccccc2)=C(C#N)C=C1CC. The Labute approximate surface area is 162 Å². The highest BCUT2D eigenvalue weighted by molar-refractivity contribution is 7.93. The van der Waals surface area contributed by atoms with Gasteiger partial charge >= 0.3 is 0 Å². The van der Waals surface area contributed by atoms with Crippen LogP contribution in [0.1, 0.15) is 33.1 Å². The van der Waals surface area contributed by atoms with Crippen LogP contribution < -0.4 is 10.6 Å². The van der Waals surface area contributed by atoms with Crippen LogP contribution in [-0.2, 0) is 0 Å². The molecule has 0 radical (unpaired) electrons. The van der Waals surface area contributed by atoms with Gasteiger partial charge in [-0.1, -0.05) is 80.9 Å². The number of hydrogen-bond donors (Lipinski definition) is 0. The van der Waals surface area contributed by atoms with E-state index in [1.54, 1.807) is 0 Å². The number of benzene rings is 2. The molecule has 3 heteroatoms. The second-order valence-electron chi connectivity index (χ2n) is 6.55. The predicted molar refractivity (Wildman–Crippen MR) is 116 cm³/mol. The second-order valence-corrected chi connectivity index (χ2v) is 9.85. The first-order valence-corrected chi connectivity index (χ1v) is 11.2. The maximum Gasteiger partial charge on any atom is 0.101 e. The van der Waals surface area contributed by atoms with Crippen LogP contribution in [0.25, 0.3) is 0 Å². The second kappa shape index (κ2) is 8.26. The number of nitrogens with zero attached hydrogens (tertiary/aromatic N) is 2. The summed E-state index contributed by atoms with van der Waals surface area (Å²) < 4.78 is 0. The topological polar surface area (TPSA) is 47.6 Å². The number of nitriles is 2. The summed E-state index contributed by atoms with van der Waals surface area (Å²) in [6, 6.07) is 25.3. The summed E-state index contributed by atoms with van der Waals surface area (Å²) in [5, 5.41) is 24.2. The van der Waals surface area contributed by atoms with E-state index in [4.69, 9.17) is 0 Å². The van der Waals surface area contributed by atoms with Gasteiger partial charge in [0, 0.05) is 6.89 Å². The summed E-state index contributed by atoms with van der Waals surface area (Å²) >= 11 is 0. The Hall–Kier alpha value is -2.80. The van der Waals surface area contributed by atoms with Crippen molar-refractivity contribution >= 4 is 22.8 Å². The molecule has 2 aromatic rings. The molecule has 0 bridgehead atoms. The standard InChI is InChI=1S/C24H23N2P/c1-3-11-23-19(4-2)16-22(17-25)27(24(23)18-26,20-12-7-5-8-13-20)21-14-9-6-10-15-21/h5-10,12-16H,3-4,11H2,1-2H3. The van der Waals surface area contributed by atoms with Crippen molar-refractivity contribution in [3.63, 3.8) is 0 Å². The zero-order valence-corrected chi connectivity index (χ0v) is 16.7. The van der Waals surface area contributed by atoms with E-state index in [1.807, 2.05) is 36.4 Å². The van der Waals surface area contributed by atoms with Crippen LogP contribution in [0.15, 0.2) is 83.2 Å². The van der Waals surface area contributed by atoms with Gasteiger partial charge in [0.05, 0.1) is 10.6 Å². The van der Waals surface area contributed by atoms with Crippen LogP contribution in [0.4, 0.5) is 0 Å². The highest BCUT2D eigenvalue weighted by atomic mass is 31.2. The van der Waals surface area contributed by atoms with E-state index in [2.05, 4.69) is 56.3 Å². The zero-order valence-electron chi connectivity index (χ0n) is 15.8. The van der Waals surface area contributed by atoms with Crippen molar-refractivity contribution in [1.82, 2.24) is 0 Å². The highest BCUT2D eigenvalue weighted by Gasteiger charge is 2.36. The molecule has 1 heterocycles. The Morgan fingerprint density at radius 1 is 0.815 bits per heavy atom. The third-order valence-electron chi connectivity index (χ3n) is 5.07. The fourth-order valence-electron chi connectivity index (χ4n) is 3.91. The molecule has 0 amide bonds. The third kappa shape index (κ3) is 3.08. The van der Waals surface area contributed by atoms with E-state index in [9.17, 15) is 10.5 Å². The summed E-state index contributed by atoms with van der Waals surface area (Å²) in [5.74, 6) is 0. The number of hydrogen-bond acceptors (Lipinski definition) is 2. The minimum absolute atomic E-state index is 0.730. The first-order valence-electron chi connectivity index (χ1n) is 9.36. The van der Waals surface area contributed by atoms with Gasteiger partial charge in [0.1, 0.15) is 12.1 Å². The highest BCUT2D eigenvalue weighted by Crippen LogP contribution is 2.59. The molecular formula is C24H23N2P. The van der Waals surface area contributed by atoms with Crippen molar-refractivity contribution in [2.75, 3.05) is 0 Å². The largest absolute Gasteiger partial charge is 0.192 e. The summed E-state index contributed by atoms with van der Waals surface area (Å²) in [6.07, 6.45) is 4.74. The molecule has 0 spiro atoms. The van der Waals surface area contributed by atoms with E-state index in [-0.39, 0.29) is 0 Å². The van der Waals surface area contributed by atoms with Crippen LogP contribution in [0.2, 0.25) is 0 Å². The van der Waals surface area contributed by atoms with Crippen LogP contribution in [0.3, 0.4) is 0 Å². The molecule has 1 aliphatic heterocycles. The molecule has 2 nitrogen and oxygen atoms in total. The molecule has 1 aliphatic rings. The Balaban J connectivity index is 2.58. The summed E-state index contributed by atoms with van der Waals surface area (Å²) in [5.41, 5.74) is 2.27. The zero-order chi connectivity index (χ0) is 19.3. The van der Waals surface area contributed by atoms with Crippen LogP contribution in [0.5, 0.6) is 0 Å². The lowest BCUT2D eigenvalue weighted by Crippen LogP contribution is -2.25. The minimum atomic E-state index is -2.45. The van der Waals surface area contributed by atoms with Crippen molar-refractivity contribution in [2.45, 2.75) is 33.1 Å². The number of allylic oxidation sites excluding steroid dienone is 4. The van der Waals surface area contributed by atoms with Crippen molar-refractivity contribution in [1.29, 1.82) is 10.5 Å². The van der Waals surface area contributed by atoms with Crippen molar-refractivity contribution < 1.29 is 0 Å². The summed E-state index contributed by atoms with van der Waals surface area (Å²) in [4.78, 5) is 0. The van der Waals surface area contributed by atoms with Gasteiger partial charge in [0.2, 0.25) is 0 Å². The van der Waals surface area contributed by atoms with Crippen molar-refractivity contribution in [2.24, 2.45) is 0 Å². The van der Waals surface area contributed by atoms with Crippen LogP contribution >= 0.6 is 6.89 Å². The molecule has 0 N–H and O–H groups in total. The molecule has 0 atom stereocenters. The van der Waals surface area contributed by atoms with Gasteiger partial charge in [-0.05, 0) is 40.7 Å².